The molecule has 2 N–H and O–H groups in total. The van der Waals surface area contributed by atoms with Crippen molar-refractivity contribution >= 4 is 5.69 Å². The molecule has 0 fully saturated rings. The summed E-state index contributed by atoms with van der Waals surface area (Å²) < 4.78 is 23.5. The first-order valence-corrected chi connectivity index (χ1v) is 6.53. The second kappa shape index (κ2) is 6.95. The van der Waals surface area contributed by atoms with Gasteiger partial charge in [-0.25, -0.2) is 4.39 Å². The topological polar surface area (TPSA) is 50.7 Å². The number of nitrogens with one attached hydrogen (secondary N) is 1. The van der Waals surface area contributed by atoms with Crippen LogP contribution in [0.25, 0.3) is 0 Å². The quantitative estimate of drug-likeness (QED) is 0.859. The van der Waals surface area contributed by atoms with Crippen molar-refractivity contribution in [3.63, 3.8) is 0 Å². The fourth-order valence-electron chi connectivity index (χ4n) is 1.96. The Balaban J connectivity index is 2.00. The number of aliphatic hydroxyl groups is 1. The second-order valence-electron chi connectivity index (χ2n) is 4.52. The summed E-state index contributed by atoms with van der Waals surface area (Å²) in [7, 11) is 2.99. The first kappa shape index (κ1) is 15.1. The van der Waals surface area contributed by atoms with E-state index in [0.717, 1.165) is 5.56 Å². The molecule has 21 heavy (non-hydrogen) atoms. The highest BCUT2D eigenvalue weighted by Crippen LogP contribution is 2.22. The summed E-state index contributed by atoms with van der Waals surface area (Å²) in [5.74, 6) is 0.425. The molecule has 4 nitrogen and oxygen atoms in total. The zero-order chi connectivity index (χ0) is 15.2. The zero-order valence-corrected chi connectivity index (χ0v) is 12.0. The van der Waals surface area contributed by atoms with Gasteiger partial charge >= 0.3 is 0 Å². The predicted molar refractivity (Wildman–Crippen MR) is 79.4 cm³/mol. The van der Waals surface area contributed by atoms with Gasteiger partial charge in [0.1, 0.15) is 5.75 Å². The highest BCUT2D eigenvalue weighted by molar-refractivity contribution is 5.47. The van der Waals surface area contributed by atoms with Crippen LogP contribution in [0.4, 0.5) is 10.1 Å². The van der Waals surface area contributed by atoms with E-state index in [0.29, 0.717) is 11.4 Å². The summed E-state index contributed by atoms with van der Waals surface area (Å²) in [6.07, 6.45) is -0.717. The minimum absolute atomic E-state index is 0.189. The van der Waals surface area contributed by atoms with Gasteiger partial charge in [0.2, 0.25) is 0 Å². The molecule has 0 aliphatic heterocycles. The molecule has 0 heterocycles. The predicted octanol–water partition coefficient (Wildman–Crippen LogP) is 2.99. The van der Waals surface area contributed by atoms with E-state index in [9.17, 15) is 9.50 Å². The smallest absolute Gasteiger partial charge is 0.167 e. The SMILES string of the molecule is COc1cccc(C(O)CNc2ccc(OC)c(F)c2)c1. The Bertz CT molecular complexity index is 604. The monoisotopic (exact) mass is 291 g/mol. The van der Waals surface area contributed by atoms with E-state index >= 15 is 0 Å². The van der Waals surface area contributed by atoms with Crippen molar-refractivity contribution in [2.24, 2.45) is 0 Å². The lowest BCUT2D eigenvalue weighted by atomic mass is 10.1. The largest absolute Gasteiger partial charge is 0.497 e. The molecule has 1 unspecified atom stereocenters. The van der Waals surface area contributed by atoms with Crippen molar-refractivity contribution in [3.05, 3.63) is 53.8 Å². The van der Waals surface area contributed by atoms with Gasteiger partial charge in [0.25, 0.3) is 0 Å². The maximum Gasteiger partial charge on any atom is 0.167 e. The molecule has 0 amide bonds. The first-order chi connectivity index (χ1) is 10.1. The third kappa shape index (κ3) is 3.86. The molecule has 0 saturated carbocycles. The number of aliphatic hydroxyl groups excluding tert-OH is 1. The van der Waals surface area contributed by atoms with Gasteiger partial charge in [0.15, 0.2) is 11.6 Å². The molecule has 0 bridgehead atoms. The zero-order valence-electron chi connectivity index (χ0n) is 12.0. The standard InChI is InChI=1S/C16H18FNO3/c1-20-13-5-3-4-11(8-13)15(19)10-18-12-6-7-16(21-2)14(17)9-12/h3-9,15,18-19H,10H2,1-2H3. The number of halogens is 1. The maximum atomic E-state index is 13.6. The van der Waals surface area contributed by atoms with E-state index < -0.39 is 11.9 Å². The van der Waals surface area contributed by atoms with Crippen LogP contribution in [-0.2, 0) is 0 Å². The summed E-state index contributed by atoms with van der Waals surface area (Å²) in [6, 6.07) is 11.8. The Morgan fingerprint density at radius 2 is 1.95 bits per heavy atom. The Labute approximate surface area is 123 Å². The molecule has 0 aliphatic carbocycles. The molecule has 2 aromatic rings. The highest BCUT2D eigenvalue weighted by Gasteiger charge is 2.09. The Kier molecular flexibility index (Phi) is 5.00. The lowest BCUT2D eigenvalue weighted by Crippen LogP contribution is -2.12. The fraction of sp³-hybridized carbons (Fsp3) is 0.250. The van der Waals surface area contributed by atoms with Crippen LogP contribution >= 0.6 is 0 Å². The van der Waals surface area contributed by atoms with Crippen LogP contribution < -0.4 is 14.8 Å². The molecule has 2 aromatic carbocycles. The van der Waals surface area contributed by atoms with Crippen LogP contribution in [-0.4, -0.2) is 25.9 Å². The van der Waals surface area contributed by atoms with E-state index in [2.05, 4.69) is 5.32 Å². The van der Waals surface area contributed by atoms with Crippen LogP contribution in [0.3, 0.4) is 0 Å². The number of rotatable bonds is 6. The molecule has 0 aromatic heterocycles. The molecule has 0 saturated heterocycles. The van der Waals surface area contributed by atoms with E-state index in [1.54, 1.807) is 19.2 Å². The van der Waals surface area contributed by atoms with Crippen LogP contribution in [0.15, 0.2) is 42.5 Å². The van der Waals surface area contributed by atoms with Gasteiger partial charge in [0.05, 0.1) is 20.3 Å². The Morgan fingerprint density at radius 3 is 2.62 bits per heavy atom. The van der Waals surface area contributed by atoms with E-state index in [1.165, 1.54) is 19.2 Å². The maximum absolute atomic E-state index is 13.6. The molecule has 2 rings (SSSR count). The van der Waals surface area contributed by atoms with Crippen molar-refractivity contribution in [3.8, 4) is 11.5 Å². The average Bonchev–Trinajstić information content (AvgIpc) is 2.52. The number of hydrogen-bond acceptors (Lipinski definition) is 4. The minimum Gasteiger partial charge on any atom is -0.497 e. The van der Waals surface area contributed by atoms with Gasteiger partial charge in [-0.1, -0.05) is 12.1 Å². The fourth-order valence-corrected chi connectivity index (χ4v) is 1.96. The van der Waals surface area contributed by atoms with Gasteiger partial charge in [0, 0.05) is 18.3 Å². The normalized spacial score (nSPS) is 11.8. The summed E-state index contributed by atoms with van der Waals surface area (Å²) in [4.78, 5) is 0. The third-order valence-electron chi connectivity index (χ3n) is 3.13. The highest BCUT2D eigenvalue weighted by atomic mass is 19.1. The number of methoxy groups -OCH3 is 2. The van der Waals surface area contributed by atoms with Crippen LogP contribution in [0, 0.1) is 5.82 Å². The lowest BCUT2D eigenvalue weighted by molar-refractivity contribution is 0.191. The number of benzene rings is 2. The van der Waals surface area contributed by atoms with Crippen molar-refractivity contribution in [2.75, 3.05) is 26.1 Å². The number of ether oxygens (including phenoxy) is 2. The van der Waals surface area contributed by atoms with E-state index in [-0.39, 0.29) is 12.3 Å². The molecule has 5 heteroatoms. The van der Waals surface area contributed by atoms with Gasteiger partial charge in [-0.15, -0.1) is 0 Å². The Morgan fingerprint density at radius 1 is 1.14 bits per heavy atom. The van der Waals surface area contributed by atoms with Gasteiger partial charge in [-0.2, -0.15) is 0 Å². The summed E-state index contributed by atoms with van der Waals surface area (Å²) in [5, 5.41) is 13.1. The van der Waals surface area contributed by atoms with Crippen molar-refractivity contribution in [1.82, 2.24) is 0 Å². The van der Waals surface area contributed by atoms with Gasteiger partial charge in [-0.3, -0.25) is 0 Å². The van der Waals surface area contributed by atoms with Crippen LogP contribution in [0.5, 0.6) is 11.5 Å². The molecular weight excluding hydrogens is 273 g/mol. The van der Waals surface area contributed by atoms with Gasteiger partial charge in [-0.05, 0) is 29.8 Å². The van der Waals surface area contributed by atoms with Crippen LogP contribution in [0.2, 0.25) is 0 Å². The van der Waals surface area contributed by atoms with Crippen molar-refractivity contribution < 1.29 is 19.0 Å². The Hall–Kier alpha value is -2.27. The summed E-state index contributed by atoms with van der Waals surface area (Å²) >= 11 is 0. The molecule has 1 atom stereocenters. The molecule has 112 valence electrons. The van der Waals surface area contributed by atoms with E-state index in [1.807, 2.05) is 18.2 Å². The molecule has 0 aliphatic rings. The van der Waals surface area contributed by atoms with Gasteiger partial charge < -0.3 is 19.9 Å². The van der Waals surface area contributed by atoms with E-state index in [4.69, 9.17) is 9.47 Å². The van der Waals surface area contributed by atoms with Crippen LogP contribution in [0.1, 0.15) is 11.7 Å². The van der Waals surface area contributed by atoms with Crippen molar-refractivity contribution in [1.29, 1.82) is 0 Å². The molecule has 0 spiro atoms. The van der Waals surface area contributed by atoms with Crippen molar-refractivity contribution in [2.45, 2.75) is 6.10 Å². The number of hydrogen-bond donors (Lipinski definition) is 2. The first-order valence-electron chi connectivity index (χ1n) is 6.53. The third-order valence-corrected chi connectivity index (χ3v) is 3.13. The second-order valence-corrected chi connectivity index (χ2v) is 4.52. The summed E-state index contributed by atoms with van der Waals surface area (Å²) in [6.45, 7) is 0.263. The minimum atomic E-state index is -0.717. The molecular formula is C16H18FNO3. The molecule has 0 radical (unpaired) electrons. The average molecular weight is 291 g/mol. The number of anilines is 1. The lowest BCUT2D eigenvalue weighted by Gasteiger charge is -2.14. The summed E-state index contributed by atoms with van der Waals surface area (Å²) in [5.41, 5.74) is 1.31.